The van der Waals surface area contributed by atoms with Crippen LogP contribution in [0.15, 0.2) is 44.0 Å². The van der Waals surface area contributed by atoms with Crippen LogP contribution in [0, 0.1) is 25.2 Å². The van der Waals surface area contributed by atoms with Gasteiger partial charge in [-0.3, -0.25) is 9.80 Å². The number of thioether (sulfide) groups is 1. The summed E-state index contributed by atoms with van der Waals surface area (Å²) >= 11 is 18.6. The van der Waals surface area contributed by atoms with Crippen LogP contribution in [0.4, 0.5) is 9.59 Å². The normalized spacial score (nSPS) is 24.2. The summed E-state index contributed by atoms with van der Waals surface area (Å²) in [6, 6.07) is -1.56. The lowest BCUT2D eigenvalue weighted by molar-refractivity contribution is -0.151. The minimum atomic E-state index is -1.92. The average molecular weight is 908 g/mol. The number of piperazine rings is 1. The number of nitriles is 1. The van der Waals surface area contributed by atoms with Gasteiger partial charge in [-0.2, -0.15) is 5.26 Å². The number of hydrogen-bond acceptors (Lipinski definition) is 14. The number of aryl methyl sites for hydroxylation is 1. The van der Waals surface area contributed by atoms with Gasteiger partial charge in [0, 0.05) is 28.0 Å². The zero-order valence-corrected chi connectivity index (χ0v) is 36.4. The Bertz CT molecular complexity index is 2110. The third-order valence-corrected chi connectivity index (χ3v) is 12.5. The van der Waals surface area contributed by atoms with Gasteiger partial charge in [0.2, 0.25) is 3.79 Å². The molecule has 0 aliphatic carbocycles. The molecule has 0 radical (unpaired) electrons. The lowest BCUT2D eigenvalue weighted by Gasteiger charge is -2.62. The number of benzene rings is 2. The van der Waals surface area contributed by atoms with E-state index in [-0.39, 0.29) is 49.2 Å². The van der Waals surface area contributed by atoms with Crippen LogP contribution in [-0.4, -0.2) is 114 Å². The molecule has 0 unspecified atom stereocenters. The Balaban J connectivity index is 1.67. The molecule has 60 heavy (non-hydrogen) atoms. The summed E-state index contributed by atoms with van der Waals surface area (Å²) in [5.41, 5.74) is 3.31. The van der Waals surface area contributed by atoms with Gasteiger partial charge in [-0.25, -0.2) is 14.4 Å². The summed E-state index contributed by atoms with van der Waals surface area (Å²) in [6.07, 6.45) is 3.02. The van der Waals surface area contributed by atoms with E-state index in [1.54, 1.807) is 24.0 Å². The van der Waals surface area contributed by atoms with Crippen molar-refractivity contribution in [3.8, 4) is 34.8 Å². The van der Waals surface area contributed by atoms with E-state index in [0.29, 0.717) is 33.8 Å². The van der Waals surface area contributed by atoms with E-state index in [0.717, 1.165) is 11.1 Å². The number of methoxy groups -OCH3 is 2. The highest BCUT2D eigenvalue weighted by molar-refractivity contribution is 7.99. The number of hydrogen-bond donors (Lipinski definition) is 2. The molecule has 322 valence electrons. The van der Waals surface area contributed by atoms with Crippen molar-refractivity contribution >= 4 is 64.7 Å². The maximum atomic E-state index is 14.5. The largest absolute Gasteiger partial charge is 0.507 e. The van der Waals surface area contributed by atoms with Crippen LogP contribution in [0.2, 0.25) is 0 Å². The number of carbonyl (C=O) groups is 3. The number of nitrogens with zero attached hydrogens (tertiary/aromatic N) is 3. The molecule has 0 saturated carbocycles. The molecule has 6 rings (SSSR count). The van der Waals surface area contributed by atoms with Gasteiger partial charge in [0.25, 0.3) is 0 Å². The molecular weight excluding hydrogens is 863 g/mol. The third-order valence-electron chi connectivity index (χ3n) is 10.8. The maximum Gasteiger partial charge on any atom is 0.411 e. The number of alkyl carbamates (subject to hydrolysis) is 1. The Labute approximate surface area is 367 Å². The van der Waals surface area contributed by atoms with Gasteiger partial charge < -0.3 is 43.6 Å². The van der Waals surface area contributed by atoms with Crippen molar-refractivity contribution in [2.75, 3.05) is 53.0 Å². The van der Waals surface area contributed by atoms with Crippen molar-refractivity contribution in [3.05, 3.63) is 77.4 Å². The molecule has 4 heterocycles. The Hall–Kier alpha value is -4.66. The number of ether oxygens (including phenoxy) is 7. The topological polar surface area (TPSA) is 178 Å². The Morgan fingerprint density at radius 2 is 1.67 bits per heavy atom. The number of amides is 2. The van der Waals surface area contributed by atoms with Gasteiger partial charge in [-0.1, -0.05) is 78.8 Å². The van der Waals surface area contributed by atoms with Crippen LogP contribution in [0.25, 0.3) is 0 Å². The highest BCUT2D eigenvalue weighted by Crippen LogP contribution is 2.63. The number of esters is 1. The number of rotatable bonds is 12. The highest BCUT2D eigenvalue weighted by atomic mass is 35.6. The van der Waals surface area contributed by atoms with Crippen LogP contribution >= 0.6 is 46.6 Å². The number of phenols is 1. The van der Waals surface area contributed by atoms with Gasteiger partial charge in [0.15, 0.2) is 23.0 Å². The molecule has 0 spiro atoms. The summed E-state index contributed by atoms with van der Waals surface area (Å²) in [5.74, 6) is 0.139. The van der Waals surface area contributed by atoms with E-state index in [1.807, 2.05) is 17.9 Å². The minimum absolute atomic E-state index is 0.0371. The van der Waals surface area contributed by atoms with E-state index in [4.69, 9.17) is 68.0 Å². The molecule has 2 saturated heterocycles. The first kappa shape index (κ1) is 44.9. The van der Waals surface area contributed by atoms with Crippen molar-refractivity contribution < 1.29 is 52.6 Å². The maximum absolute atomic E-state index is 14.5. The third kappa shape index (κ3) is 8.22. The molecule has 15 nitrogen and oxygen atoms in total. The Kier molecular flexibility index (Phi) is 13.9. The molecule has 4 aliphatic rings. The number of nitrogens with one attached hydrogen (secondary N) is 1. The molecule has 2 N–H and O–H groups in total. The van der Waals surface area contributed by atoms with E-state index in [9.17, 15) is 24.8 Å². The molecular formula is C41H45Cl3N4O11S. The molecule has 7 atom stereocenters. The van der Waals surface area contributed by atoms with Gasteiger partial charge in [0.05, 0.1) is 49.7 Å². The average Bonchev–Trinajstić information content (AvgIpc) is 3.21. The fourth-order valence-electron chi connectivity index (χ4n) is 8.66. The Morgan fingerprint density at radius 1 is 1.02 bits per heavy atom. The minimum Gasteiger partial charge on any atom is -0.507 e. The first-order valence-corrected chi connectivity index (χ1v) is 21.0. The molecule has 2 aromatic rings. The van der Waals surface area contributed by atoms with Crippen LogP contribution in [0.3, 0.4) is 0 Å². The summed E-state index contributed by atoms with van der Waals surface area (Å²) in [4.78, 5) is 44.9. The summed E-state index contributed by atoms with van der Waals surface area (Å²) in [6.45, 7) is 13.9. The van der Waals surface area contributed by atoms with Crippen molar-refractivity contribution in [1.29, 1.82) is 5.26 Å². The second-order valence-electron chi connectivity index (χ2n) is 14.3. The number of carbonyl (C=O) groups excluding carboxylic acids is 3. The lowest BCUT2D eigenvalue weighted by Crippen LogP contribution is -2.71. The van der Waals surface area contributed by atoms with Gasteiger partial charge in [-0.05, 0) is 31.4 Å². The predicted octanol–water partition coefficient (Wildman–Crippen LogP) is 6.87. The van der Waals surface area contributed by atoms with Crippen LogP contribution < -0.4 is 24.3 Å². The fourth-order valence-corrected chi connectivity index (χ4v) is 10.3. The monoisotopic (exact) mass is 906 g/mol. The molecule has 2 fully saturated rings. The van der Waals surface area contributed by atoms with E-state index < -0.39 is 76.7 Å². The molecule has 4 bridgehead atoms. The second kappa shape index (κ2) is 18.5. The number of halogens is 3. The molecule has 19 heteroatoms. The quantitative estimate of drug-likeness (QED) is 0.0976. The van der Waals surface area contributed by atoms with E-state index in [1.165, 1.54) is 32.1 Å². The smallest absolute Gasteiger partial charge is 0.411 e. The number of phenolic OH excluding ortho intramolecular Hbond substituents is 1. The van der Waals surface area contributed by atoms with Crippen molar-refractivity contribution in [2.45, 2.75) is 65.6 Å². The van der Waals surface area contributed by atoms with Crippen LogP contribution in [0.1, 0.15) is 50.7 Å². The number of alkyl halides is 3. The molecule has 4 aliphatic heterocycles. The van der Waals surface area contributed by atoms with Crippen molar-refractivity contribution in [1.82, 2.24) is 15.1 Å². The number of cyclic esters (lactones) is 1. The Morgan fingerprint density at radius 3 is 2.27 bits per heavy atom. The van der Waals surface area contributed by atoms with Crippen LogP contribution in [0.5, 0.6) is 28.7 Å². The van der Waals surface area contributed by atoms with Crippen LogP contribution in [-0.2, 0) is 25.4 Å². The van der Waals surface area contributed by atoms with Gasteiger partial charge >= 0.3 is 18.2 Å². The summed E-state index contributed by atoms with van der Waals surface area (Å²) < 4.78 is 39.5. The number of fused-ring (bicyclic) bond motifs is 7. The summed E-state index contributed by atoms with van der Waals surface area (Å²) in [5, 5.41) is 25.3. The van der Waals surface area contributed by atoms with Gasteiger partial charge in [-0.15, -0.1) is 11.8 Å². The zero-order valence-electron chi connectivity index (χ0n) is 33.3. The first-order valence-electron chi connectivity index (χ1n) is 18.8. The lowest BCUT2D eigenvalue weighted by atomic mass is 9.71. The summed E-state index contributed by atoms with van der Waals surface area (Å²) in [7, 11) is 2.96. The van der Waals surface area contributed by atoms with E-state index >= 15 is 0 Å². The molecule has 0 aromatic heterocycles. The second-order valence-corrected chi connectivity index (χ2v) is 18.0. The predicted molar refractivity (Wildman–Crippen MR) is 225 cm³/mol. The molecule has 2 aromatic carbocycles. The molecule has 2 amide bonds. The number of aromatic hydroxyl groups is 1. The fraction of sp³-hybridized carbons (Fsp3) is 0.463. The standard InChI is InChI=1S/C41H45Cl3N4O11S/c1-8-11-55-35-27-22(14-20(4)33(35)53-6)15-24-25(16-45)47-26-17-58-38(50)23(46-39(51)59-19-41(42,43)44)18-60-37(31(47)30(27)48(24)40(52)57-13-10-3)29-28(26)36(56-12-9-2)34(54-7)21(5)32(29)49/h8-10,14,23-26,30-31,37,49H,1-3,11-13,15,17-19H2,4-7H3,(H,46,51)/t23-,24-,25-,26-,30+,31+,37+/m0/s1. The highest BCUT2D eigenvalue weighted by Gasteiger charge is 2.62. The van der Waals surface area contributed by atoms with Gasteiger partial charge in [0.1, 0.15) is 50.9 Å². The zero-order chi connectivity index (χ0) is 43.6. The van der Waals surface area contributed by atoms with E-state index in [2.05, 4.69) is 31.1 Å². The SMILES string of the molecule is C=CCOC(=O)N1[C@@H]2c3c(cc(C)c(OC)c3OCC=C)C[C@H]1[C@H](C#N)N1[C@H]2[C@@H]2SC[C@H](NC(=O)OCC(Cl)(Cl)Cl)C(=O)OC[C@H]1c1c(OCC=C)c(OC)c(C)c(O)c12. The van der Waals surface area contributed by atoms with Crippen molar-refractivity contribution in [2.24, 2.45) is 0 Å². The first-order chi connectivity index (χ1) is 28.7. The van der Waals surface area contributed by atoms with Crippen molar-refractivity contribution in [3.63, 3.8) is 0 Å².